The second kappa shape index (κ2) is 9.74. The van der Waals surface area contributed by atoms with Crippen molar-refractivity contribution in [1.82, 2.24) is 9.88 Å². The van der Waals surface area contributed by atoms with Crippen LogP contribution in [-0.4, -0.2) is 36.1 Å². The Morgan fingerprint density at radius 1 is 1.04 bits per heavy atom. The fourth-order valence-corrected chi connectivity index (χ4v) is 3.00. The van der Waals surface area contributed by atoms with Crippen LogP contribution < -0.4 is 5.32 Å². The molecule has 1 heterocycles. The Kier molecular flexibility index (Phi) is 7.63. The largest absolute Gasteiger partial charge is 0.384 e. The van der Waals surface area contributed by atoms with E-state index in [9.17, 15) is 0 Å². The number of pyridine rings is 1. The lowest BCUT2D eigenvalue weighted by Crippen LogP contribution is -2.28. The highest BCUT2D eigenvalue weighted by atomic mass is 35.5. The average Bonchev–Trinajstić information content (AvgIpc) is 2.56. The number of hydrogen-bond donors (Lipinski definition) is 1. The Labute approximate surface area is 145 Å². The van der Waals surface area contributed by atoms with Gasteiger partial charge in [-0.15, -0.1) is 0 Å². The van der Waals surface area contributed by atoms with Crippen molar-refractivity contribution < 1.29 is 0 Å². The molecule has 0 radical (unpaired) electrons. The molecule has 0 spiro atoms. The summed E-state index contributed by atoms with van der Waals surface area (Å²) in [6, 6.07) is 7.91. The zero-order chi connectivity index (χ0) is 16.5. The lowest BCUT2D eigenvalue weighted by molar-refractivity contribution is 0.269. The molecule has 0 aliphatic heterocycles. The Hall–Kier alpha value is -1.32. The normalized spacial score (nSPS) is 11.3. The van der Waals surface area contributed by atoms with Crippen molar-refractivity contribution in [2.45, 2.75) is 39.5 Å². The zero-order valence-electron chi connectivity index (χ0n) is 14.3. The fraction of sp³-hybridized carbons (Fsp3) is 0.526. The summed E-state index contributed by atoms with van der Waals surface area (Å²) >= 11 is 6.04. The minimum Gasteiger partial charge on any atom is -0.384 e. The number of halogens is 1. The molecule has 0 fully saturated rings. The van der Waals surface area contributed by atoms with Crippen LogP contribution in [0.1, 0.15) is 39.5 Å². The summed E-state index contributed by atoms with van der Waals surface area (Å²) in [6.07, 6.45) is 6.78. The maximum Gasteiger partial charge on any atom is 0.0737 e. The zero-order valence-corrected chi connectivity index (χ0v) is 15.1. The number of aromatic nitrogens is 1. The molecule has 0 bridgehead atoms. The molecule has 0 aliphatic rings. The van der Waals surface area contributed by atoms with Crippen LogP contribution in [0.15, 0.2) is 30.5 Å². The Morgan fingerprint density at radius 3 is 2.65 bits per heavy atom. The Bertz CT molecular complexity index is 600. The van der Waals surface area contributed by atoms with Crippen LogP contribution in [0, 0.1) is 0 Å². The second-order valence-electron chi connectivity index (χ2n) is 6.00. The van der Waals surface area contributed by atoms with E-state index in [-0.39, 0.29) is 0 Å². The molecule has 126 valence electrons. The number of hydrogen-bond acceptors (Lipinski definition) is 3. The summed E-state index contributed by atoms with van der Waals surface area (Å²) in [5.41, 5.74) is 2.08. The first-order valence-corrected chi connectivity index (χ1v) is 9.13. The topological polar surface area (TPSA) is 28.2 Å². The molecule has 1 aromatic carbocycles. The Morgan fingerprint density at radius 2 is 1.87 bits per heavy atom. The predicted molar refractivity (Wildman–Crippen MR) is 101 cm³/mol. The Balaban J connectivity index is 1.86. The molecule has 23 heavy (non-hydrogen) atoms. The van der Waals surface area contributed by atoms with Gasteiger partial charge < -0.3 is 10.2 Å². The van der Waals surface area contributed by atoms with Crippen molar-refractivity contribution in [3.63, 3.8) is 0 Å². The van der Waals surface area contributed by atoms with E-state index >= 15 is 0 Å². The molecule has 0 aliphatic carbocycles. The molecule has 2 aromatic rings. The number of fused-ring (bicyclic) bond motifs is 1. The second-order valence-corrected chi connectivity index (χ2v) is 6.43. The number of nitrogens with zero attached hydrogens (tertiary/aromatic N) is 2. The van der Waals surface area contributed by atoms with Crippen LogP contribution in [-0.2, 0) is 0 Å². The molecule has 0 unspecified atom stereocenters. The summed E-state index contributed by atoms with van der Waals surface area (Å²) in [5.74, 6) is 0. The molecule has 3 nitrogen and oxygen atoms in total. The van der Waals surface area contributed by atoms with Crippen LogP contribution in [0.2, 0.25) is 5.02 Å². The molecule has 2 rings (SSSR count). The molecule has 1 aromatic heterocycles. The number of benzene rings is 1. The van der Waals surface area contributed by atoms with Crippen LogP contribution in [0.5, 0.6) is 0 Å². The minimum atomic E-state index is 0.730. The standard InChI is InChI=1S/C19H28ClN3/c1-3-5-13-23(12-4-2)14-6-10-21-18-9-11-22-19-15-16(20)7-8-17(18)19/h7-9,11,15H,3-6,10,12-14H2,1-2H3,(H,21,22). The van der Waals surface area contributed by atoms with Crippen molar-refractivity contribution in [3.05, 3.63) is 35.5 Å². The van der Waals surface area contributed by atoms with Crippen LogP contribution in [0.25, 0.3) is 10.9 Å². The van der Waals surface area contributed by atoms with Gasteiger partial charge in [0.2, 0.25) is 0 Å². The molecule has 1 N–H and O–H groups in total. The van der Waals surface area contributed by atoms with Gasteiger partial charge in [-0.05, 0) is 63.2 Å². The van der Waals surface area contributed by atoms with E-state index in [0.29, 0.717) is 0 Å². The van der Waals surface area contributed by atoms with E-state index in [0.717, 1.165) is 41.1 Å². The van der Waals surface area contributed by atoms with Gasteiger partial charge in [-0.3, -0.25) is 4.98 Å². The first-order chi connectivity index (χ1) is 11.2. The van der Waals surface area contributed by atoms with E-state index in [2.05, 4.69) is 29.0 Å². The van der Waals surface area contributed by atoms with Gasteiger partial charge >= 0.3 is 0 Å². The van der Waals surface area contributed by atoms with Gasteiger partial charge in [-0.1, -0.05) is 31.9 Å². The highest BCUT2D eigenvalue weighted by molar-refractivity contribution is 6.31. The summed E-state index contributed by atoms with van der Waals surface area (Å²) in [6.45, 7) is 9.08. The minimum absolute atomic E-state index is 0.730. The van der Waals surface area contributed by atoms with Crippen molar-refractivity contribution in [2.75, 3.05) is 31.5 Å². The lowest BCUT2D eigenvalue weighted by Gasteiger charge is -2.21. The van der Waals surface area contributed by atoms with Gasteiger partial charge in [0.1, 0.15) is 0 Å². The maximum absolute atomic E-state index is 6.04. The van der Waals surface area contributed by atoms with E-state index in [1.165, 1.54) is 32.4 Å². The van der Waals surface area contributed by atoms with Crippen molar-refractivity contribution in [1.29, 1.82) is 0 Å². The van der Waals surface area contributed by atoms with Crippen molar-refractivity contribution in [2.24, 2.45) is 0 Å². The number of nitrogens with one attached hydrogen (secondary N) is 1. The SMILES string of the molecule is CCCCN(CCC)CCCNc1ccnc2cc(Cl)ccc12. The van der Waals surface area contributed by atoms with Crippen molar-refractivity contribution >= 4 is 28.2 Å². The average molecular weight is 334 g/mol. The molecule has 0 atom stereocenters. The van der Waals surface area contributed by atoms with E-state index in [1.54, 1.807) is 0 Å². The maximum atomic E-state index is 6.04. The van der Waals surface area contributed by atoms with Gasteiger partial charge in [-0.2, -0.15) is 0 Å². The summed E-state index contributed by atoms with van der Waals surface area (Å²) in [4.78, 5) is 6.96. The van der Waals surface area contributed by atoms with Gasteiger partial charge in [0.05, 0.1) is 5.52 Å². The van der Waals surface area contributed by atoms with Crippen LogP contribution >= 0.6 is 11.6 Å². The first kappa shape index (κ1) is 18.0. The fourth-order valence-electron chi connectivity index (χ4n) is 2.83. The molecule has 4 heteroatoms. The monoisotopic (exact) mass is 333 g/mol. The highest BCUT2D eigenvalue weighted by Gasteiger charge is 2.04. The molecular formula is C19H28ClN3. The molecule has 0 amide bonds. The van der Waals surface area contributed by atoms with Crippen LogP contribution in [0.3, 0.4) is 0 Å². The smallest absolute Gasteiger partial charge is 0.0737 e. The molecular weight excluding hydrogens is 306 g/mol. The van der Waals surface area contributed by atoms with Gasteiger partial charge in [-0.25, -0.2) is 0 Å². The van der Waals surface area contributed by atoms with Crippen LogP contribution in [0.4, 0.5) is 5.69 Å². The number of rotatable bonds is 10. The summed E-state index contributed by atoms with van der Waals surface area (Å²) in [7, 11) is 0. The lowest BCUT2D eigenvalue weighted by atomic mass is 10.2. The van der Waals surface area contributed by atoms with Gasteiger partial charge in [0, 0.05) is 28.8 Å². The van der Waals surface area contributed by atoms with E-state index < -0.39 is 0 Å². The third-order valence-corrected chi connectivity index (χ3v) is 4.27. The molecule has 0 saturated carbocycles. The number of anilines is 1. The first-order valence-electron chi connectivity index (χ1n) is 8.75. The predicted octanol–water partition coefficient (Wildman–Crippen LogP) is 5.20. The van der Waals surface area contributed by atoms with Crippen molar-refractivity contribution in [3.8, 4) is 0 Å². The highest BCUT2D eigenvalue weighted by Crippen LogP contribution is 2.24. The van der Waals surface area contributed by atoms with E-state index in [4.69, 9.17) is 11.6 Å². The summed E-state index contributed by atoms with van der Waals surface area (Å²) < 4.78 is 0. The van der Waals surface area contributed by atoms with Gasteiger partial charge in [0.15, 0.2) is 0 Å². The quantitative estimate of drug-likeness (QED) is 0.605. The van der Waals surface area contributed by atoms with E-state index in [1.807, 2.05) is 30.5 Å². The summed E-state index contributed by atoms with van der Waals surface area (Å²) in [5, 5.41) is 5.41. The number of unbranched alkanes of at least 4 members (excludes halogenated alkanes) is 1. The van der Waals surface area contributed by atoms with Gasteiger partial charge in [0.25, 0.3) is 0 Å². The third kappa shape index (κ3) is 5.67. The molecule has 0 saturated heterocycles. The third-order valence-electron chi connectivity index (χ3n) is 4.04.